The van der Waals surface area contributed by atoms with E-state index >= 15 is 0 Å². The predicted molar refractivity (Wildman–Crippen MR) is 91.9 cm³/mol. The Morgan fingerprint density at radius 1 is 1.22 bits per heavy atom. The monoisotopic (exact) mass is 314 g/mol. The number of hydrogen-bond acceptors (Lipinski definition) is 4. The SMILES string of the molecule is CC(C)=CCC/C(C)=C/Cc1c(O)cc2occc(=O)c2c1O. The summed E-state index contributed by atoms with van der Waals surface area (Å²) in [5.41, 5.74) is 2.66. The number of aromatic hydroxyl groups is 2. The largest absolute Gasteiger partial charge is 0.507 e. The van der Waals surface area contributed by atoms with Crippen molar-refractivity contribution in [3.05, 3.63) is 57.5 Å². The van der Waals surface area contributed by atoms with E-state index in [0.717, 1.165) is 12.8 Å². The lowest BCUT2D eigenvalue weighted by atomic mass is 10.0. The molecule has 0 bridgehead atoms. The van der Waals surface area contributed by atoms with Crippen LogP contribution in [-0.2, 0) is 6.42 Å². The maximum Gasteiger partial charge on any atom is 0.196 e. The van der Waals surface area contributed by atoms with E-state index in [1.54, 1.807) is 0 Å². The highest BCUT2D eigenvalue weighted by Gasteiger charge is 2.15. The van der Waals surface area contributed by atoms with Gasteiger partial charge in [-0.2, -0.15) is 0 Å². The number of allylic oxidation sites excluding steroid dienone is 4. The first kappa shape index (κ1) is 16.9. The zero-order valence-corrected chi connectivity index (χ0v) is 13.7. The minimum atomic E-state index is -0.325. The molecule has 0 aliphatic rings. The van der Waals surface area contributed by atoms with Crippen LogP contribution in [0.5, 0.6) is 11.5 Å². The zero-order chi connectivity index (χ0) is 17.0. The molecule has 2 aromatic rings. The van der Waals surface area contributed by atoms with Crippen molar-refractivity contribution < 1.29 is 14.6 Å². The molecule has 0 aliphatic heterocycles. The lowest BCUT2D eigenvalue weighted by Gasteiger charge is -2.08. The second-order valence-electron chi connectivity index (χ2n) is 5.96. The molecule has 2 rings (SSSR count). The summed E-state index contributed by atoms with van der Waals surface area (Å²) in [4.78, 5) is 11.9. The molecular formula is C19H22O4. The van der Waals surface area contributed by atoms with E-state index in [1.807, 2.05) is 13.0 Å². The second-order valence-corrected chi connectivity index (χ2v) is 5.96. The van der Waals surface area contributed by atoms with Gasteiger partial charge in [0, 0.05) is 17.7 Å². The number of rotatable bonds is 5. The van der Waals surface area contributed by atoms with Gasteiger partial charge in [-0.3, -0.25) is 4.79 Å². The molecule has 4 nitrogen and oxygen atoms in total. The number of phenols is 2. The zero-order valence-electron chi connectivity index (χ0n) is 13.7. The molecule has 0 fully saturated rings. The smallest absolute Gasteiger partial charge is 0.196 e. The maximum atomic E-state index is 11.9. The van der Waals surface area contributed by atoms with Gasteiger partial charge in [0.25, 0.3) is 0 Å². The Morgan fingerprint density at radius 3 is 2.65 bits per heavy atom. The van der Waals surface area contributed by atoms with E-state index in [-0.39, 0.29) is 27.9 Å². The molecule has 2 N–H and O–H groups in total. The molecule has 0 saturated heterocycles. The van der Waals surface area contributed by atoms with Gasteiger partial charge in [0.1, 0.15) is 22.5 Å². The normalized spacial score (nSPS) is 11.7. The van der Waals surface area contributed by atoms with Crippen LogP contribution < -0.4 is 5.43 Å². The summed E-state index contributed by atoms with van der Waals surface area (Å²) in [5, 5.41) is 20.5. The number of hydrogen-bond donors (Lipinski definition) is 2. The fraction of sp³-hybridized carbons (Fsp3) is 0.316. The Bertz CT molecular complexity index is 821. The van der Waals surface area contributed by atoms with Crippen molar-refractivity contribution >= 4 is 11.0 Å². The third-order valence-electron chi connectivity index (χ3n) is 3.75. The van der Waals surface area contributed by atoms with Gasteiger partial charge >= 0.3 is 0 Å². The Balaban J connectivity index is 2.28. The Labute approximate surface area is 135 Å². The number of phenolic OH excluding ortho intramolecular Hbond substituents is 2. The first-order chi connectivity index (χ1) is 10.9. The molecule has 0 aliphatic carbocycles. The molecule has 0 unspecified atom stereocenters. The average molecular weight is 314 g/mol. The second kappa shape index (κ2) is 7.18. The van der Waals surface area contributed by atoms with Crippen LogP contribution in [-0.4, -0.2) is 10.2 Å². The standard InChI is InChI=1S/C19H22O4/c1-12(2)5-4-6-13(3)7-8-14-16(21)11-17-18(19(14)22)15(20)9-10-23-17/h5,7,9-11,21-22H,4,6,8H2,1-3H3/b13-7+. The van der Waals surface area contributed by atoms with Crippen LogP contribution in [0.4, 0.5) is 0 Å². The molecule has 1 aromatic heterocycles. The summed E-state index contributed by atoms with van der Waals surface area (Å²) in [6, 6.07) is 2.63. The fourth-order valence-corrected chi connectivity index (χ4v) is 2.42. The number of benzene rings is 1. The van der Waals surface area contributed by atoms with E-state index in [0.29, 0.717) is 12.0 Å². The van der Waals surface area contributed by atoms with Crippen LogP contribution in [0.1, 0.15) is 39.2 Å². The Kier molecular flexibility index (Phi) is 5.27. The first-order valence-electron chi connectivity index (χ1n) is 7.64. The van der Waals surface area contributed by atoms with Crippen LogP contribution in [0.2, 0.25) is 0 Å². The summed E-state index contributed by atoms with van der Waals surface area (Å²) in [6.45, 7) is 6.15. The van der Waals surface area contributed by atoms with Crippen molar-refractivity contribution in [3.8, 4) is 11.5 Å². The molecule has 1 heterocycles. The summed E-state index contributed by atoms with van der Waals surface area (Å²) in [6.07, 6.45) is 7.63. The minimum Gasteiger partial charge on any atom is -0.507 e. The van der Waals surface area contributed by atoms with Gasteiger partial charge in [0.05, 0.1) is 6.26 Å². The Hall–Kier alpha value is -2.49. The summed E-state index contributed by atoms with van der Waals surface area (Å²) in [5.74, 6) is -0.277. The van der Waals surface area contributed by atoms with Gasteiger partial charge in [0.15, 0.2) is 5.43 Å². The first-order valence-corrected chi connectivity index (χ1v) is 7.64. The molecular weight excluding hydrogens is 292 g/mol. The average Bonchev–Trinajstić information content (AvgIpc) is 2.46. The molecule has 0 atom stereocenters. The molecule has 0 amide bonds. The van der Waals surface area contributed by atoms with Crippen molar-refractivity contribution in [2.24, 2.45) is 0 Å². The van der Waals surface area contributed by atoms with E-state index in [9.17, 15) is 15.0 Å². The van der Waals surface area contributed by atoms with Crippen LogP contribution in [0.15, 0.2) is 50.9 Å². The van der Waals surface area contributed by atoms with Crippen molar-refractivity contribution in [2.45, 2.75) is 40.0 Å². The molecule has 0 saturated carbocycles. The van der Waals surface area contributed by atoms with Crippen molar-refractivity contribution in [2.75, 3.05) is 0 Å². The fourth-order valence-electron chi connectivity index (χ4n) is 2.42. The highest BCUT2D eigenvalue weighted by Crippen LogP contribution is 2.34. The quantitative estimate of drug-likeness (QED) is 0.800. The lowest BCUT2D eigenvalue weighted by molar-refractivity contribution is 0.442. The van der Waals surface area contributed by atoms with Crippen molar-refractivity contribution in [1.82, 2.24) is 0 Å². The van der Waals surface area contributed by atoms with Crippen LogP contribution >= 0.6 is 0 Å². The van der Waals surface area contributed by atoms with E-state index < -0.39 is 0 Å². The highest BCUT2D eigenvalue weighted by atomic mass is 16.3. The molecule has 0 radical (unpaired) electrons. The third kappa shape index (κ3) is 4.03. The van der Waals surface area contributed by atoms with E-state index in [4.69, 9.17) is 4.42 Å². The van der Waals surface area contributed by atoms with Crippen molar-refractivity contribution in [3.63, 3.8) is 0 Å². The van der Waals surface area contributed by atoms with Crippen molar-refractivity contribution in [1.29, 1.82) is 0 Å². The molecule has 23 heavy (non-hydrogen) atoms. The Morgan fingerprint density at radius 2 is 1.96 bits per heavy atom. The van der Waals surface area contributed by atoms with Gasteiger partial charge in [0.2, 0.25) is 0 Å². The van der Waals surface area contributed by atoms with Gasteiger partial charge in [-0.15, -0.1) is 0 Å². The highest BCUT2D eigenvalue weighted by molar-refractivity contribution is 5.86. The summed E-state index contributed by atoms with van der Waals surface area (Å²) in [7, 11) is 0. The van der Waals surface area contributed by atoms with Crippen LogP contribution in [0.3, 0.4) is 0 Å². The molecule has 122 valence electrons. The van der Waals surface area contributed by atoms with Gasteiger partial charge in [-0.1, -0.05) is 23.3 Å². The summed E-state index contributed by atoms with van der Waals surface area (Å²) < 4.78 is 5.17. The van der Waals surface area contributed by atoms with Crippen LogP contribution in [0, 0.1) is 0 Å². The van der Waals surface area contributed by atoms with Crippen LogP contribution in [0.25, 0.3) is 11.0 Å². The number of fused-ring (bicyclic) bond motifs is 1. The van der Waals surface area contributed by atoms with Gasteiger partial charge in [-0.05, 0) is 40.0 Å². The minimum absolute atomic E-state index is 0.0716. The van der Waals surface area contributed by atoms with E-state index in [1.165, 1.54) is 29.5 Å². The lowest BCUT2D eigenvalue weighted by Crippen LogP contribution is -2.00. The molecule has 0 spiro atoms. The molecule has 1 aromatic carbocycles. The maximum absolute atomic E-state index is 11.9. The topological polar surface area (TPSA) is 70.7 Å². The van der Waals surface area contributed by atoms with E-state index in [2.05, 4.69) is 19.9 Å². The summed E-state index contributed by atoms with van der Waals surface area (Å²) >= 11 is 0. The van der Waals surface area contributed by atoms with Gasteiger partial charge < -0.3 is 14.6 Å². The predicted octanol–water partition coefficient (Wildman–Crippen LogP) is 4.44. The molecule has 4 heteroatoms. The third-order valence-corrected chi connectivity index (χ3v) is 3.75. The van der Waals surface area contributed by atoms with Gasteiger partial charge in [-0.25, -0.2) is 0 Å².